The van der Waals surface area contributed by atoms with Crippen LogP contribution in [-0.2, 0) is 4.79 Å². The molecule has 0 aliphatic carbocycles. The number of hydrogen-bond donors (Lipinski definition) is 0. The number of carbonyl (C=O) groups excluding carboxylic acids is 1. The fourth-order valence-electron chi connectivity index (χ4n) is 1.74. The second-order valence-electron chi connectivity index (χ2n) is 4.01. The molecule has 88 valence electrons. The Bertz CT molecular complexity index is 622. The Hall–Kier alpha value is -2.44. The summed E-state index contributed by atoms with van der Waals surface area (Å²) < 4.78 is 0. The summed E-state index contributed by atoms with van der Waals surface area (Å²) >= 11 is 0. The Morgan fingerprint density at radius 2 is 1.89 bits per heavy atom. The summed E-state index contributed by atoms with van der Waals surface area (Å²) in [6, 6.07) is 15.7. The van der Waals surface area contributed by atoms with E-state index < -0.39 is 0 Å². The molecule has 0 saturated carbocycles. The van der Waals surface area contributed by atoms with Crippen molar-refractivity contribution < 1.29 is 4.79 Å². The third-order valence-electron chi connectivity index (χ3n) is 2.60. The van der Waals surface area contributed by atoms with E-state index in [1.165, 1.54) is 5.56 Å². The molecule has 0 aliphatic rings. The van der Waals surface area contributed by atoms with Crippen molar-refractivity contribution in [2.24, 2.45) is 4.99 Å². The number of nitrogens with zero attached hydrogens (tertiary/aromatic N) is 1. The number of isocyanates is 1. The van der Waals surface area contributed by atoms with Gasteiger partial charge in [-0.15, -0.1) is 0 Å². The van der Waals surface area contributed by atoms with Crippen LogP contribution in [0.3, 0.4) is 0 Å². The predicted octanol–water partition coefficient (Wildman–Crippen LogP) is 4.13. The molecule has 0 amide bonds. The van der Waals surface area contributed by atoms with Crippen molar-refractivity contribution in [2.45, 2.75) is 6.92 Å². The summed E-state index contributed by atoms with van der Waals surface area (Å²) in [5.74, 6) is 0. The number of benzene rings is 2. The van der Waals surface area contributed by atoms with E-state index in [1.807, 2.05) is 42.5 Å². The third kappa shape index (κ3) is 3.03. The maximum atomic E-state index is 10.3. The Labute approximate surface area is 106 Å². The van der Waals surface area contributed by atoms with E-state index in [4.69, 9.17) is 0 Å². The first-order valence-electron chi connectivity index (χ1n) is 5.71. The first kappa shape index (κ1) is 12.0. The molecule has 0 N–H and O–H groups in total. The van der Waals surface area contributed by atoms with Crippen LogP contribution in [0, 0.1) is 6.92 Å². The average molecular weight is 235 g/mol. The van der Waals surface area contributed by atoms with Crippen LogP contribution in [0.5, 0.6) is 0 Å². The molecule has 0 atom stereocenters. The molecule has 0 spiro atoms. The summed E-state index contributed by atoms with van der Waals surface area (Å²) in [4.78, 5) is 14.0. The fraction of sp³-hybridized carbons (Fsp3) is 0.0625. The molecule has 2 nitrogen and oxygen atoms in total. The van der Waals surface area contributed by atoms with Gasteiger partial charge >= 0.3 is 0 Å². The first-order chi connectivity index (χ1) is 8.79. The predicted molar refractivity (Wildman–Crippen MR) is 74.3 cm³/mol. The SMILES string of the molecule is Cc1cccc(C=Cc2ccccc2N=C=O)c1. The van der Waals surface area contributed by atoms with Gasteiger partial charge in [-0.2, -0.15) is 4.99 Å². The summed E-state index contributed by atoms with van der Waals surface area (Å²) in [5.41, 5.74) is 3.88. The lowest BCUT2D eigenvalue weighted by Crippen LogP contribution is -1.76. The van der Waals surface area contributed by atoms with E-state index in [1.54, 1.807) is 12.1 Å². The van der Waals surface area contributed by atoms with Crippen molar-refractivity contribution in [3.63, 3.8) is 0 Å². The highest BCUT2D eigenvalue weighted by Gasteiger charge is 1.95. The van der Waals surface area contributed by atoms with Crippen molar-refractivity contribution in [1.29, 1.82) is 0 Å². The number of aryl methyl sites for hydroxylation is 1. The van der Waals surface area contributed by atoms with E-state index in [9.17, 15) is 4.79 Å². The van der Waals surface area contributed by atoms with Gasteiger partial charge in [-0.25, -0.2) is 4.79 Å². The van der Waals surface area contributed by atoms with Crippen LogP contribution in [0.15, 0.2) is 53.5 Å². The van der Waals surface area contributed by atoms with Crippen LogP contribution in [-0.4, -0.2) is 6.08 Å². The van der Waals surface area contributed by atoms with Crippen LogP contribution in [0.1, 0.15) is 16.7 Å². The molecule has 0 radical (unpaired) electrons. The molecule has 0 unspecified atom stereocenters. The van der Waals surface area contributed by atoms with Crippen molar-refractivity contribution in [3.05, 3.63) is 65.2 Å². The molecule has 0 aromatic heterocycles. The number of hydrogen-bond acceptors (Lipinski definition) is 2. The lowest BCUT2D eigenvalue weighted by atomic mass is 10.1. The zero-order valence-corrected chi connectivity index (χ0v) is 10.1. The maximum Gasteiger partial charge on any atom is 0.240 e. The van der Waals surface area contributed by atoms with E-state index >= 15 is 0 Å². The van der Waals surface area contributed by atoms with Crippen molar-refractivity contribution in [3.8, 4) is 0 Å². The highest BCUT2D eigenvalue weighted by Crippen LogP contribution is 2.20. The molecule has 0 heterocycles. The Morgan fingerprint density at radius 3 is 2.67 bits per heavy atom. The van der Waals surface area contributed by atoms with Gasteiger partial charge in [-0.3, -0.25) is 0 Å². The van der Waals surface area contributed by atoms with Gasteiger partial charge in [0.15, 0.2) is 0 Å². The molecular weight excluding hydrogens is 222 g/mol. The maximum absolute atomic E-state index is 10.3. The zero-order chi connectivity index (χ0) is 12.8. The monoisotopic (exact) mass is 235 g/mol. The van der Waals surface area contributed by atoms with Gasteiger partial charge in [-0.05, 0) is 18.6 Å². The van der Waals surface area contributed by atoms with Crippen LogP contribution in [0.25, 0.3) is 12.2 Å². The molecule has 2 heteroatoms. The molecule has 2 aromatic carbocycles. The standard InChI is InChI=1S/C16H13NO/c1-13-5-4-6-14(11-13)9-10-15-7-2-3-8-16(15)17-12-18/h2-11H,1H3. The first-order valence-corrected chi connectivity index (χ1v) is 5.71. The van der Waals surface area contributed by atoms with Crippen molar-refractivity contribution >= 4 is 23.9 Å². The zero-order valence-electron chi connectivity index (χ0n) is 10.1. The minimum atomic E-state index is 0.636. The highest BCUT2D eigenvalue weighted by atomic mass is 16.1. The minimum Gasteiger partial charge on any atom is -0.211 e. The quantitative estimate of drug-likeness (QED) is 0.446. The molecule has 2 aromatic rings. The Balaban J connectivity index is 2.31. The Morgan fingerprint density at radius 1 is 1.06 bits per heavy atom. The smallest absolute Gasteiger partial charge is 0.211 e. The lowest BCUT2D eigenvalue weighted by Gasteiger charge is -1.98. The van der Waals surface area contributed by atoms with E-state index in [0.29, 0.717) is 5.69 Å². The van der Waals surface area contributed by atoms with Gasteiger partial charge in [-0.1, -0.05) is 60.2 Å². The lowest BCUT2D eigenvalue weighted by molar-refractivity contribution is 0.565. The van der Waals surface area contributed by atoms with Crippen molar-refractivity contribution in [1.82, 2.24) is 0 Å². The Kier molecular flexibility index (Phi) is 3.85. The molecule has 0 fully saturated rings. The van der Waals surface area contributed by atoms with Crippen LogP contribution < -0.4 is 0 Å². The minimum absolute atomic E-state index is 0.636. The van der Waals surface area contributed by atoms with Crippen molar-refractivity contribution in [2.75, 3.05) is 0 Å². The number of aliphatic imine (C=N–C) groups is 1. The van der Waals surface area contributed by atoms with Gasteiger partial charge in [0.2, 0.25) is 6.08 Å². The number of rotatable bonds is 3. The summed E-state index contributed by atoms with van der Waals surface area (Å²) in [6.45, 7) is 2.06. The normalized spacial score (nSPS) is 10.3. The van der Waals surface area contributed by atoms with Gasteiger partial charge < -0.3 is 0 Å². The molecule has 0 aliphatic heterocycles. The van der Waals surface area contributed by atoms with Crippen LogP contribution >= 0.6 is 0 Å². The molecule has 18 heavy (non-hydrogen) atoms. The van der Waals surface area contributed by atoms with E-state index in [2.05, 4.69) is 24.0 Å². The summed E-state index contributed by atoms with van der Waals surface area (Å²) in [6.07, 6.45) is 5.53. The topological polar surface area (TPSA) is 29.4 Å². The molecular formula is C16H13NO. The van der Waals surface area contributed by atoms with Gasteiger partial charge in [0.25, 0.3) is 0 Å². The van der Waals surface area contributed by atoms with Crippen LogP contribution in [0.4, 0.5) is 5.69 Å². The van der Waals surface area contributed by atoms with Gasteiger partial charge in [0, 0.05) is 5.56 Å². The highest BCUT2D eigenvalue weighted by molar-refractivity contribution is 5.76. The van der Waals surface area contributed by atoms with Crippen LogP contribution in [0.2, 0.25) is 0 Å². The van der Waals surface area contributed by atoms with Gasteiger partial charge in [0.05, 0.1) is 5.69 Å². The summed E-state index contributed by atoms with van der Waals surface area (Å²) in [5, 5.41) is 0. The average Bonchev–Trinajstić information content (AvgIpc) is 2.38. The molecule has 0 bridgehead atoms. The largest absolute Gasteiger partial charge is 0.240 e. The molecule has 2 rings (SSSR count). The third-order valence-corrected chi connectivity index (χ3v) is 2.60. The van der Waals surface area contributed by atoms with Gasteiger partial charge in [0.1, 0.15) is 0 Å². The van der Waals surface area contributed by atoms with E-state index in [-0.39, 0.29) is 0 Å². The fourth-order valence-corrected chi connectivity index (χ4v) is 1.74. The van der Waals surface area contributed by atoms with E-state index in [0.717, 1.165) is 11.1 Å². The number of para-hydroxylation sites is 1. The summed E-state index contributed by atoms with van der Waals surface area (Å²) in [7, 11) is 0. The second-order valence-corrected chi connectivity index (χ2v) is 4.01. The second kappa shape index (κ2) is 5.76. The molecule has 0 saturated heterocycles.